The maximum Gasteiger partial charge on any atom is 0.352 e. The van der Waals surface area contributed by atoms with Crippen molar-refractivity contribution in [3.63, 3.8) is 0 Å². The molecule has 3 rings (SSSR count). The Morgan fingerprint density at radius 2 is 2.23 bits per heavy atom. The molecule has 1 unspecified atom stereocenters. The number of amides is 2. The van der Waals surface area contributed by atoms with Crippen LogP contribution in [0.15, 0.2) is 28.8 Å². The van der Waals surface area contributed by atoms with E-state index in [1.165, 1.54) is 42.2 Å². The third-order valence-corrected chi connectivity index (χ3v) is 6.44. The van der Waals surface area contributed by atoms with Crippen LogP contribution in [0.4, 0.5) is 0 Å². The Morgan fingerprint density at radius 3 is 2.81 bits per heavy atom. The second kappa shape index (κ2) is 7.39. The van der Waals surface area contributed by atoms with Crippen molar-refractivity contribution >= 4 is 40.9 Å². The molecule has 2 atom stereocenters. The molecule has 3 heterocycles. The number of hydrogen-bond donors (Lipinski definition) is 2. The van der Waals surface area contributed by atoms with Crippen LogP contribution in [0.5, 0.6) is 0 Å². The lowest BCUT2D eigenvalue weighted by molar-refractivity contribution is -0.192. The highest BCUT2D eigenvalue weighted by molar-refractivity contribution is 8.00. The summed E-state index contributed by atoms with van der Waals surface area (Å²) in [4.78, 5) is 38.9. The highest BCUT2D eigenvalue weighted by Crippen LogP contribution is 2.46. The number of fused-ring (bicyclic) bond motifs is 1. The summed E-state index contributed by atoms with van der Waals surface area (Å²) in [6, 6.07) is 3.67. The van der Waals surface area contributed by atoms with Gasteiger partial charge in [-0.3, -0.25) is 14.5 Å². The van der Waals surface area contributed by atoms with Crippen LogP contribution in [-0.2, 0) is 30.3 Å². The maximum atomic E-state index is 12.8. The first-order valence-electron chi connectivity index (χ1n) is 7.72. The molecule has 8 nitrogen and oxygen atoms in total. The van der Waals surface area contributed by atoms with Crippen LogP contribution in [0.3, 0.4) is 0 Å². The number of carbonyl (C=O) groups is 3. The first kappa shape index (κ1) is 18.9. The van der Waals surface area contributed by atoms with Gasteiger partial charge in [-0.2, -0.15) is 0 Å². The molecule has 2 N–H and O–H groups in total. The highest BCUT2D eigenvalue weighted by atomic mass is 32.2. The standard InChI is InChI=1S/C16H18N2O6S2/c1-23-7-9-8-26-15-16(24-2,14(22)18(15)12(9)13(20)21)17-11(19)6-10-4-3-5-25-10/h3-5,15H,6-8H2,1-2H3,(H,17,19)(H,20,21)/t15-,16?/m0/s1. The summed E-state index contributed by atoms with van der Waals surface area (Å²) in [5.41, 5.74) is -1.14. The number of β-lactam (4-membered cyclic amide) rings is 1. The quantitative estimate of drug-likeness (QED) is 0.513. The van der Waals surface area contributed by atoms with Crippen LogP contribution in [-0.4, -0.2) is 65.5 Å². The van der Waals surface area contributed by atoms with E-state index in [9.17, 15) is 19.5 Å². The number of nitrogens with zero attached hydrogens (tertiary/aromatic N) is 1. The second-order valence-corrected chi connectivity index (χ2v) is 7.87. The van der Waals surface area contributed by atoms with E-state index in [-0.39, 0.29) is 24.6 Å². The lowest BCUT2D eigenvalue weighted by atomic mass is 9.98. The summed E-state index contributed by atoms with van der Waals surface area (Å²) in [5, 5.41) is 13.4. The summed E-state index contributed by atoms with van der Waals surface area (Å²) in [6.45, 7) is 0.121. The van der Waals surface area contributed by atoms with Gasteiger partial charge >= 0.3 is 5.97 Å². The van der Waals surface area contributed by atoms with Gasteiger partial charge in [-0.15, -0.1) is 23.1 Å². The van der Waals surface area contributed by atoms with Crippen molar-refractivity contribution < 1.29 is 29.0 Å². The number of rotatable bonds is 7. The summed E-state index contributed by atoms with van der Waals surface area (Å²) in [7, 11) is 2.79. The number of carboxylic acid groups (broad SMARTS) is 1. The third-order valence-electron chi connectivity index (χ3n) is 4.19. The molecule has 10 heteroatoms. The van der Waals surface area contributed by atoms with E-state index in [4.69, 9.17) is 9.47 Å². The van der Waals surface area contributed by atoms with Crippen molar-refractivity contribution in [2.24, 2.45) is 0 Å². The lowest BCUT2D eigenvalue weighted by Crippen LogP contribution is -2.80. The number of carboxylic acids is 1. The van der Waals surface area contributed by atoms with Crippen molar-refractivity contribution in [2.75, 3.05) is 26.6 Å². The van der Waals surface area contributed by atoms with E-state index < -0.39 is 23.0 Å². The van der Waals surface area contributed by atoms with Crippen molar-refractivity contribution in [1.82, 2.24) is 10.2 Å². The fourth-order valence-corrected chi connectivity index (χ4v) is 5.17. The molecular weight excluding hydrogens is 380 g/mol. The fraction of sp³-hybridized carbons (Fsp3) is 0.438. The lowest BCUT2D eigenvalue weighted by Gasteiger charge is -2.55. The third kappa shape index (κ3) is 3.02. The SMILES string of the molecule is COCC1=C(C(=O)O)N2C(=O)C(NC(=O)Cc3cccs3)(OC)[C@@H]2SC1. The van der Waals surface area contributed by atoms with Crippen LogP contribution in [0.1, 0.15) is 4.88 Å². The predicted octanol–water partition coefficient (Wildman–Crippen LogP) is 0.650. The zero-order valence-electron chi connectivity index (χ0n) is 14.2. The van der Waals surface area contributed by atoms with E-state index in [0.717, 1.165) is 4.88 Å². The van der Waals surface area contributed by atoms with Gasteiger partial charge in [0.2, 0.25) is 5.91 Å². The van der Waals surface area contributed by atoms with Crippen LogP contribution < -0.4 is 5.32 Å². The molecule has 1 fully saturated rings. The number of ether oxygens (including phenoxy) is 2. The molecule has 140 valence electrons. The Hall–Kier alpha value is -1.88. The molecular formula is C16H18N2O6S2. The van der Waals surface area contributed by atoms with Gasteiger partial charge < -0.3 is 19.9 Å². The minimum atomic E-state index is -1.56. The molecule has 0 bridgehead atoms. The predicted molar refractivity (Wildman–Crippen MR) is 95.5 cm³/mol. The van der Waals surface area contributed by atoms with Crippen molar-refractivity contribution in [2.45, 2.75) is 17.5 Å². The van der Waals surface area contributed by atoms with Gasteiger partial charge in [-0.25, -0.2) is 4.79 Å². The summed E-state index contributed by atoms with van der Waals surface area (Å²) in [5.74, 6) is -1.78. The number of thiophene rings is 1. The van der Waals surface area contributed by atoms with Crippen molar-refractivity contribution in [3.8, 4) is 0 Å². The minimum Gasteiger partial charge on any atom is -0.477 e. The normalized spacial score (nSPS) is 24.9. The van der Waals surface area contributed by atoms with Gasteiger partial charge in [0.1, 0.15) is 11.1 Å². The van der Waals surface area contributed by atoms with Crippen LogP contribution in [0.25, 0.3) is 0 Å². The Balaban J connectivity index is 1.82. The second-order valence-electron chi connectivity index (χ2n) is 5.77. The highest BCUT2D eigenvalue weighted by Gasteiger charge is 2.66. The van der Waals surface area contributed by atoms with E-state index in [2.05, 4.69) is 5.32 Å². The molecule has 0 radical (unpaired) electrons. The Kier molecular flexibility index (Phi) is 5.37. The van der Waals surface area contributed by atoms with Gasteiger partial charge in [0.25, 0.3) is 11.6 Å². The van der Waals surface area contributed by atoms with Gasteiger partial charge in [-0.1, -0.05) is 6.07 Å². The Labute approximate surface area is 158 Å². The first-order valence-corrected chi connectivity index (χ1v) is 9.65. The number of carbonyl (C=O) groups excluding carboxylic acids is 2. The van der Waals surface area contributed by atoms with Crippen molar-refractivity contribution in [1.29, 1.82) is 0 Å². The summed E-state index contributed by atoms with van der Waals surface area (Å²) < 4.78 is 10.4. The maximum absolute atomic E-state index is 12.8. The number of hydrogen-bond acceptors (Lipinski definition) is 7. The van der Waals surface area contributed by atoms with E-state index in [0.29, 0.717) is 11.3 Å². The molecule has 1 saturated heterocycles. The van der Waals surface area contributed by atoms with E-state index in [1.54, 1.807) is 0 Å². The summed E-state index contributed by atoms with van der Waals surface area (Å²) >= 11 is 2.78. The Bertz CT molecular complexity index is 763. The van der Waals surface area contributed by atoms with Crippen molar-refractivity contribution in [3.05, 3.63) is 33.7 Å². The topological polar surface area (TPSA) is 105 Å². The number of aliphatic carboxylic acids is 1. The van der Waals surface area contributed by atoms with E-state index >= 15 is 0 Å². The molecule has 2 amide bonds. The number of methoxy groups -OCH3 is 2. The number of thioether (sulfide) groups is 1. The van der Waals surface area contributed by atoms with Gasteiger partial charge in [0.05, 0.1) is 13.0 Å². The molecule has 2 aliphatic heterocycles. The molecule has 2 aliphatic rings. The monoisotopic (exact) mass is 398 g/mol. The average molecular weight is 398 g/mol. The zero-order chi connectivity index (χ0) is 18.9. The van der Waals surface area contributed by atoms with Gasteiger partial charge in [-0.05, 0) is 17.0 Å². The van der Waals surface area contributed by atoms with E-state index in [1.807, 2.05) is 17.5 Å². The molecule has 1 aromatic heterocycles. The van der Waals surface area contributed by atoms with Crippen LogP contribution >= 0.6 is 23.1 Å². The van der Waals surface area contributed by atoms with Crippen LogP contribution in [0.2, 0.25) is 0 Å². The molecule has 0 aromatic carbocycles. The summed E-state index contributed by atoms with van der Waals surface area (Å²) in [6.07, 6.45) is 0.129. The van der Waals surface area contributed by atoms with Gasteiger partial charge in [0.15, 0.2) is 0 Å². The Morgan fingerprint density at radius 1 is 1.46 bits per heavy atom. The fourth-order valence-electron chi connectivity index (χ4n) is 3.05. The first-order chi connectivity index (χ1) is 12.4. The average Bonchev–Trinajstić information content (AvgIpc) is 3.11. The molecule has 0 spiro atoms. The minimum absolute atomic E-state index is 0.0965. The molecule has 1 aromatic rings. The molecule has 0 aliphatic carbocycles. The smallest absolute Gasteiger partial charge is 0.352 e. The molecule has 0 saturated carbocycles. The number of nitrogens with one attached hydrogen (secondary N) is 1. The molecule has 26 heavy (non-hydrogen) atoms. The zero-order valence-corrected chi connectivity index (χ0v) is 15.8. The van der Waals surface area contributed by atoms with Crippen LogP contribution in [0, 0.1) is 0 Å². The van der Waals surface area contributed by atoms with Gasteiger partial charge in [0, 0.05) is 24.8 Å². The largest absolute Gasteiger partial charge is 0.477 e.